The zero-order valence-corrected chi connectivity index (χ0v) is 14.5. The number of hydrogen-bond donors (Lipinski definition) is 2. The molecule has 0 spiro atoms. The molecular weight excluding hydrogens is 312 g/mol. The second kappa shape index (κ2) is 9.25. The number of nitrogens with one attached hydrogen (secondary N) is 1. The first-order valence-electron chi connectivity index (χ1n) is 8.59. The molecule has 0 unspecified atom stereocenters. The Morgan fingerprint density at radius 3 is 2.48 bits per heavy atom. The van der Waals surface area contributed by atoms with Gasteiger partial charge in [-0.3, -0.25) is 0 Å². The number of unbranched alkanes of at least 4 members (excludes halogenated alkanes) is 2. The van der Waals surface area contributed by atoms with Gasteiger partial charge in [-0.15, -0.1) is 0 Å². The number of rotatable bonds is 8. The summed E-state index contributed by atoms with van der Waals surface area (Å²) in [4.78, 5) is 0.375. The van der Waals surface area contributed by atoms with E-state index < -0.39 is 10.0 Å². The minimum atomic E-state index is -3.39. The van der Waals surface area contributed by atoms with Crippen LogP contribution >= 0.6 is 0 Å². The quantitative estimate of drug-likeness (QED) is 0.714. The van der Waals surface area contributed by atoms with Crippen LogP contribution in [0.4, 0.5) is 5.69 Å². The SMILES string of the molecule is O=S(=O)(c1cccc(NCCCCCO)c1)N1CCCCCC1. The lowest BCUT2D eigenvalue weighted by Crippen LogP contribution is -2.31. The van der Waals surface area contributed by atoms with E-state index in [1.54, 1.807) is 22.5 Å². The molecule has 1 aromatic rings. The number of aliphatic hydroxyl groups is 1. The molecule has 1 saturated heterocycles. The lowest BCUT2D eigenvalue weighted by Gasteiger charge is -2.20. The minimum absolute atomic E-state index is 0.226. The van der Waals surface area contributed by atoms with Gasteiger partial charge in [-0.05, 0) is 50.3 Å². The highest BCUT2D eigenvalue weighted by Gasteiger charge is 2.25. The highest BCUT2D eigenvalue weighted by Crippen LogP contribution is 2.22. The van der Waals surface area contributed by atoms with Gasteiger partial charge in [-0.2, -0.15) is 4.31 Å². The van der Waals surface area contributed by atoms with E-state index >= 15 is 0 Å². The van der Waals surface area contributed by atoms with Crippen molar-refractivity contribution in [3.8, 4) is 0 Å². The molecule has 0 atom stereocenters. The molecule has 0 saturated carbocycles. The zero-order valence-electron chi connectivity index (χ0n) is 13.7. The Labute approximate surface area is 139 Å². The second-order valence-corrected chi connectivity index (χ2v) is 8.00. The average molecular weight is 340 g/mol. The van der Waals surface area contributed by atoms with E-state index in [1.165, 1.54) is 0 Å². The van der Waals surface area contributed by atoms with Crippen molar-refractivity contribution in [2.75, 3.05) is 31.6 Å². The molecule has 5 nitrogen and oxygen atoms in total. The van der Waals surface area contributed by atoms with Gasteiger partial charge in [0.05, 0.1) is 4.90 Å². The summed E-state index contributed by atoms with van der Waals surface area (Å²) in [5, 5.41) is 12.0. The summed E-state index contributed by atoms with van der Waals surface area (Å²) in [7, 11) is -3.39. The molecule has 0 bridgehead atoms. The van der Waals surface area contributed by atoms with Crippen molar-refractivity contribution in [2.45, 2.75) is 49.8 Å². The normalized spacial score (nSPS) is 16.9. The minimum Gasteiger partial charge on any atom is -0.396 e. The fourth-order valence-electron chi connectivity index (χ4n) is 2.84. The summed E-state index contributed by atoms with van der Waals surface area (Å²) < 4.78 is 27.2. The number of hydrogen-bond acceptors (Lipinski definition) is 4. The van der Waals surface area contributed by atoms with Crippen LogP contribution in [0.25, 0.3) is 0 Å². The van der Waals surface area contributed by atoms with Gasteiger partial charge in [0.2, 0.25) is 10.0 Å². The molecule has 1 aromatic carbocycles. The zero-order chi connectivity index (χ0) is 16.5. The third kappa shape index (κ3) is 5.48. The predicted molar refractivity (Wildman–Crippen MR) is 93.1 cm³/mol. The van der Waals surface area contributed by atoms with Crippen LogP contribution in [0.3, 0.4) is 0 Å². The van der Waals surface area contributed by atoms with Crippen LogP contribution in [0.15, 0.2) is 29.2 Å². The molecule has 0 radical (unpaired) electrons. The number of sulfonamides is 1. The van der Waals surface area contributed by atoms with Crippen molar-refractivity contribution in [2.24, 2.45) is 0 Å². The van der Waals surface area contributed by atoms with Crippen molar-refractivity contribution in [1.82, 2.24) is 4.31 Å². The van der Waals surface area contributed by atoms with E-state index in [9.17, 15) is 8.42 Å². The summed E-state index contributed by atoms with van der Waals surface area (Å²) >= 11 is 0. The van der Waals surface area contributed by atoms with Crippen LogP contribution in [0.1, 0.15) is 44.9 Å². The number of anilines is 1. The third-order valence-electron chi connectivity index (χ3n) is 4.20. The molecule has 1 aliphatic rings. The Morgan fingerprint density at radius 2 is 1.78 bits per heavy atom. The van der Waals surface area contributed by atoms with Crippen molar-refractivity contribution < 1.29 is 13.5 Å². The molecule has 1 heterocycles. The first-order valence-corrected chi connectivity index (χ1v) is 10.0. The molecule has 23 heavy (non-hydrogen) atoms. The molecule has 2 rings (SSSR count). The van der Waals surface area contributed by atoms with Crippen molar-refractivity contribution >= 4 is 15.7 Å². The van der Waals surface area contributed by atoms with Gasteiger partial charge in [-0.25, -0.2) is 8.42 Å². The monoisotopic (exact) mass is 340 g/mol. The maximum atomic E-state index is 12.8. The summed E-state index contributed by atoms with van der Waals surface area (Å²) in [5.41, 5.74) is 0.838. The van der Waals surface area contributed by atoms with Gasteiger partial charge >= 0.3 is 0 Å². The Morgan fingerprint density at radius 1 is 1.04 bits per heavy atom. The van der Waals surface area contributed by atoms with Crippen LogP contribution in [-0.2, 0) is 10.0 Å². The van der Waals surface area contributed by atoms with E-state index in [0.29, 0.717) is 18.0 Å². The molecule has 0 amide bonds. The van der Waals surface area contributed by atoms with Gasteiger partial charge < -0.3 is 10.4 Å². The van der Waals surface area contributed by atoms with E-state index in [0.717, 1.165) is 57.2 Å². The molecule has 2 N–H and O–H groups in total. The average Bonchev–Trinajstić information content (AvgIpc) is 2.85. The first kappa shape index (κ1) is 18.2. The summed E-state index contributed by atoms with van der Waals surface area (Å²) in [6.07, 6.45) is 6.86. The molecule has 130 valence electrons. The Hall–Kier alpha value is -1.11. The predicted octanol–water partition coefficient (Wildman–Crippen LogP) is 2.83. The summed E-state index contributed by atoms with van der Waals surface area (Å²) in [5.74, 6) is 0. The molecular formula is C17H28N2O3S. The van der Waals surface area contributed by atoms with Gasteiger partial charge in [0.15, 0.2) is 0 Å². The maximum Gasteiger partial charge on any atom is 0.243 e. The fourth-order valence-corrected chi connectivity index (χ4v) is 4.41. The first-order chi connectivity index (χ1) is 11.1. The smallest absolute Gasteiger partial charge is 0.243 e. The third-order valence-corrected chi connectivity index (χ3v) is 6.10. The summed E-state index contributed by atoms with van der Waals surface area (Å²) in [6.45, 7) is 2.26. The molecule has 1 fully saturated rings. The van der Waals surface area contributed by atoms with Crippen LogP contribution in [0.2, 0.25) is 0 Å². The van der Waals surface area contributed by atoms with Crippen LogP contribution < -0.4 is 5.32 Å². The van der Waals surface area contributed by atoms with Crippen molar-refractivity contribution in [3.63, 3.8) is 0 Å². The van der Waals surface area contributed by atoms with E-state index in [2.05, 4.69) is 5.32 Å². The number of aliphatic hydroxyl groups excluding tert-OH is 1. The van der Waals surface area contributed by atoms with Gasteiger partial charge in [0.25, 0.3) is 0 Å². The van der Waals surface area contributed by atoms with Crippen molar-refractivity contribution in [3.05, 3.63) is 24.3 Å². The van der Waals surface area contributed by atoms with E-state index in [4.69, 9.17) is 5.11 Å². The molecule has 0 aliphatic carbocycles. The lowest BCUT2D eigenvalue weighted by atomic mass is 10.2. The highest BCUT2D eigenvalue weighted by molar-refractivity contribution is 7.89. The molecule has 0 aromatic heterocycles. The molecule has 6 heteroatoms. The van der Waals surface area contributed by atoms with Crippen LogP contribution in [0, 0.1) is 0 Å². The van der Waals surface area contributed by atoms with Gasteiger partial charge in [-0.1, -0.05) is 18.9 Å². The van der Waals surface area contributed by atoms with Crippen LogP contribution in [0.5, 0.6) is 0 Å². The fraction of sp³-hybridized carbons (Fsp3) is 0.647. The van der Waals surface area contributed by atoms with E-state index in [-0.39, 0.29) is 6.61 Å². The standard InChI is InChI=1S/C17H28N2O3S/c20-14-7-3-4-11-18-16-9-8-10-17(15-16)23(21,22)19-12-5-1-2-6-13-19/h8-10,15,18,20H,1-7,11-14H2. The largest absolute Gasteiger partial charge is 0.396 e. The van der Waals surface area contributed by atoms with Gasteiger partial charge in [0, 0.05) is 31.9 Å². The van der Waals surface area contributed by atoms with Crippen LogP contribution in [-0.4, -0.2) is 44.1 Å². The Kier molecular flexibility index (Phi) is 7.33. The number of benzene rings is 1. The highest BCUT2D eigenvalue weighted by atomic mass is 32.2. The molecule has 1 aliphatic heterocycles. The Balaban J connectivity index is 1.99. The summed E-state index contributed by atoms with van der Waals surface area (Å²) in [6, 6.07) is 7.09. The van der Waals surface area contributed by atoms with Gasteiger partial charge in [0.1, 0.15) is 0 Å². The second-order valence-electron chi connectivity index (χ2n) is 6.06. The Bertz CT molecular complexity index is 567. The lowest BCUT2D eigenvalue weighted by molar-refractivity contribution is 0.283. The topological polar surface area (TPSA) is 69.6 Å². The van der Waals surface area contributed by atoms with E-state index in [1.807, 2.05) is 6.07 Å². The number of nitrogens with zero attached hydrogens (tertiary/aromatic N) is 1. The van der Waals surface area contributed by atoms with Crippen molar-refractivity contribution in [1.29, 1.82) is 0 Å². The maximum absolute atomic E-state index is 12.8.